The molecule has 1 saturated heterocycles. The Kier molecular flexibility index (Phi) is 6.98. The van der Waals surface area contributed by atoms with Gasteiger partial charge in [-0.15, -0.1) is 11.3 Å². The summed E-state index contributed by atoms with van der Waals surface area (Å²) >= 11 is 2.90. The first-order valence-electron chi connectivity index (χ1n) is 11.8. The van der Waals surface area contributed by atoms with Crippen LogP contribution in [0.5, 0.6) is 0 Å². The lowest BCUT2D eigenvalue weighted by Gasteiger charge is -2.45. The van der Waals surface area contributed by atoms with Crippen molar-refractivity contribution in [3.63, 3.8) is 0 Å². The highest BCUT2D eigenvalue weighted by atomic mass is 32.2. The van der Waals surface area contributed by atoms with E-state index in [9.17, 15) is 9.18 Å². The number of piperidine rings is 1. The van der Waals surface area contributed by atoms with Gasteiger partial charge in [-0.2, -0.15) is 5.10 Å². The number of carbonyl (C=O) groups is 1. The highest BCUT2D eigenvalue weighted by Gasteiger charge is 2.49. The van der Waals surface area contributed by atoms with Gasteiger partial charge in [-0.1, -0.05) is 12.5 Å². The molecule has 3 aromatic rings. The topological polar surface area (TPSA) is 106 Å². The summed E-state index contributed by atoms with van der Waals surface area (Å²) in [6, 6.07) is 6.26. The Bertz CT molecular complexity index is 1300. The van der Waals surface area contributed by atoms with Crippen LogP contribution in [0.15, 0.2) is 58.2 Å². The van der Waals surface area contributed by atoms with Gasteiger partial charge in [-0.05, 0) is 67.1 Å². The molecule has 4 N–H and O–H groups in total. The molecule has 1 unspecified atom stereocenters. The molecule has 188 valence electrons. The number of nitrogens with two attached hydrogens (primary N) is 2. The Hall–Kier alpha value is -2.99. The van der Waals surface area contributed by atoms with Gasteiger partial charge in [0.05, 0.1) is 28.5 Å². The molecule has 0 saturated carbocycles. The van der Waals surface area contributed by atoms with Crippen LogP contribution in [-0.4, -0.2) is 49.5 Å². The van der Waals surface area contributed by atoms with E-state index in [4.69, 9.17) is 11.6 Å². The molecule has 11 heteroatoms. The molecule has 0 amide bonds. The standard InChI is InChI=1S/C25H28FN7OS2/c1-2-8-32(28)23(12-27)36-31-9-7-18-10-22-17(13-30-33(22)20-5-3-19(26)4-6-20)11-25(18,15-31)24(34)21-14-35-16-29-21/h3-6,10,12-14,16H,2,7-9,11,15,27-28H2,1H3/b23-12+. The zero-order valence-corrected chi connectivity index (χ0v) is 21.6. The smallest absolute Gasteiger partial charge is 0.193 e. The van der Waals surface area contributed by atoms with Crippen molar-refractivity contribution in [2.75, 3.05) is 19.6 Å². The molecule has 3 heterocycles. The van der Waals surface area contributed by atoms with Crippen molar-refractivity contribution < 1.29 is 9.18 Å². The number of nitrogens with zero attached hydrogens (tertiary/aromatic N) is 5. The second-order valence-electron chi connectivity index (χ2n) is 8.98. The SMILES string of the molecule is CCCN(N)/C(=C\N)SN1CCC2=Cc3c(cnn3-c3ccc(F)cc3)CC2(C(=O)c2cscn2)C1. The van der Waals surface area contributed by atoms with Gasteiger partial charge in [0.2, 0.25) is 0 Å². The van der Waals surface area contributed by atoms with E-state index in [1.807, 2.05) is 16.3 Å². The number of ketones is 1. The zero-order valence-electron chi connectivity index (χ0n) is 19.9. The first kappa shape index (κ1) is 24.7. The van der Waals surface area contributed by atoms with Gasteiger partial charge < -0.3 is 10.7 Å². The van der Waals surface area contributed by atoms with Crippen molar-refractivity contribution in [1.82, 2.24) is 24.1 Å². The molecule has 1 aliphatic heterocycles. The molecule has 0 bridgehead atoms. The number of halogens is 1. The average Bonchev–Trinajstić information content (AvgIpc) is 3.56. The largest absolute Gasteiger partial charge is 0.402 e. The summed E-state index contributed by atoms with van der Waals surface area (Å²) in [5.41, 5.74) is 11.0. The first-order chi connectivity index (χ1) is 17.4. The molecule has 1 aromatic carbocycles. The van der Waals surface area contributed by atoms with E-state index in [0.29, 0.717) is 31.6 Å². The second-order valence-corrected chi connectivity index (χ2v) is 10.8. The van der Waals surface area contributed by atoms with Gasteiger partial charge in [0.15, 0.2) is 5.78 Å². The molecule has 1 atom stereocenters. The monoisotopic (exact) mass is 525 g/mol. The van der Waals surface area contributed by atoms with E-state index in [0.717, 1.165) is 40.5 Å². The summed E-state index contributed by atoms with van der Waals surface area (Å²) in [4.78, 5) is 18.4. The van der Waals surface area contributed by atoms with Crippen LogP contribution in [0, 0.1) is 11.2 Å². The number of fused-ring (bicyclic) bond motifs is 2. The number of carbonyl (C=O) groups excluding carboxylic acids is 1. The first-order valence-corrected chi connectivity index (χ1v) is 13.5. The van der Waals surface area contributed by atoms with Crippen molar-refractivity contribution in [3.05, 3.63) is 80.9 Å². The minimum absolute atomic E-state index is 0.0110. The summed E-state index contributed by atoms with van der Waals surface area (Å²) in [5.74, 6) is 5.92. The van der Waals surface area contributed by atoms with Crippen LogP contribution < -0.4 is 11.6 Å². The van der Waals surface area contributed by atoms with Crippen LogP contribution in [0.1, 0.15) is 41.5 Å². The minimum Gasteiger partial charge on any atom is -0.402 e. The summed E-state index contributed by atoms with van der Waals surface area (Å²) in [5, 5.41) is 8.80. The number of hydrogen-bond donors (Lipinski definition) is 2. The molecule has 5 rings (SSSR count). The molecule has 36 heavy (non-hydrogen) atoms. The Balaban J connectivity index is 1.51. The van der Waals surface area contributed by atoms with Crippen molar-refractivity contribution in [2.24, 2.45) is 17.0 Å². The number of rotatable bonds is 8. The number of hydrogen-bond acceptors (Lipinski definition) is 9. The number of Topliss-reactive ketones (excluding diaryl/α,β-unsaturated/α-hetero) is 1. The van der Waals surface area contributed by atoms with Crippen molar-refractivity contribution in [3.8, 4) is 5.69 Å². The summed E-state index contributed by atoms with van der Waals surface area (Å²) in [7, 11) is 0. The molecular formula is C25H28FN7OS2. The molecule has 0 spiro atoms. The predicted molar refractivity (Wildman–Crippen MR) is 141 cm³/mol. The maximum absolute atomic E-state index is 14.0. The van der Waals surface area contributed by atoms with Crippen LogP contribution in [0.25, 0.3) is 11.8 Å². The number of benzene rings is 1. The lowest BCUT2D eigenvalue weighted by molar-refractivity contribution is 0.0776. The molecule has 2 aliphatic rings. The molecular weight excluding hydrogens is 497 g/mol. The third kappa shape index (κ3) is 4.47. The van der Waals surface area contributed by atoms with E-state index in [1.165, 1.54) is 41.6 Å². The van der Waals surface area contributed by atoms with Crippen LogP contribution in [0.2, 0.25) is 0 Å². The fourth-order valence-corrected chi connectivity index (χ4v) is 6.43. The van der Waals surface area contributed by atoms with E-state index < -0.39 is 5.41 Å². The molecule has 0 radical (unpaired) electrons. The van der Waals surface area contributed by atoms with Gasteiger partial charge in [0.25, 0.3) is 0 Å². The van der Waals surface area contributed by atoms with Crippen molar-refractivity contribution >= 4 is 35.1 Å². The van der Waals surface area contributed by atoms with E-state index in [2.05, 4.69) is 27.4 Å². The predicted octanol–water partition coefficient (Wildman–Crippen LogP) is 3.97. The molecule has 1 fully saturated rings. The average molecular weight is 526 g/mol. The lowest BCUT2D eigenvalue weighted by Crippen LogP contribution is -2.50. The quantitative estimate of drug-likeness (QED) is 0.197. The fourth-order valence-electron chi connectivity index (χ4n) is 4.91. The number of hydrazine groups is 1. The summed E-state index contributed by atoms with van der Waals surface area (Å²) in [6.45, 7) is 3.98. The third-order valence-electron chi connectivity index (χ3n) is 6.66. The second kappa shape index (κ2) is 10.2. The third-order valence-corrected chi connectivity index (χ3v) is 8.38. The van der Waals surface area contributed by atoms with Crippen LogP contribution in [0.3, 0.4) is 0 Å². The Morgan fingerprint density at radius 3 is 2.86 bits per heavy atom. The Labute approximate surface area is 217 Å². The van der Waals surface area contributed by atoms with Crippen LogP contribution >= 0.6 is 23.3 Å². The normalized spacial score (nSPS) is 20.0. The minimum atomic E-state index is -0.771. The van der Waals surface area contributed by atoms with Crippen molar-refractivity contribution in [2.45, 2.75) is 26.2 Å². The fraction of sp³-hybridized carbons (Fsp3) is 0.320. The van der Waals surface area contributed by atoms with E-state index in [1.54, 1.807) is 22.7 Å². The van der Waals surface area contributed by atoms with Crippen molar-refractivity contribution in [1.29, 1.82) is 0 Å². The Morgan fingerprint density at radius 2 is 2.17 bits per heavy atom. The van der Waals surface area contributed by atoms with Crippen LogP contribution in [-0.2, 0) is 6.42 Å². The van der Waals surface area contributed by atoms with Crippen LogP contribution in [0.4, 0.5) is 4.39 Å². The van der Waals surface area contributed by atoms with E-state index in [-0.39, 0.29) is 11.6 Å². The van der Waals surface area contributed by atoms with Gasteiger partial charge in [0.1, 0.15) is 16.5 Å². The van der Waals surface area contributed by atoms with Gasteiger partial charge >= 0.3 is 0 Å². The summed E-state index contributed by atoms with van der Waals surface area (Å²) in [6.07, 6.45) is 7.52. The highest BCUT2D eigenvalue weighted by molar-refractivity contribution is 8.00. The van der Waals surface area contributed by atoms with E-state index >= 15 is 0 Å². The Morgan fingerprint density at radius 1 is 1.36 bits per heavy atom. The molecule has 2 aromatic heterocycles. The highest BCUT2D eigenvalue weighted by Crippen LogP contribution is 2.48. The number of aromatic nitrogens is 3. The molecule has 1 aliphatic carbocycles. The summed E-state index contributed by atoms with van der Waals surface area (Å²) < 4.78 is 17.5. The van der Waals surface area contributed by atoms with Gasteiger partial charge in [0, 0.05) is 31.2 Å². The zero-order chi connectivity index (χ0) is 25.3. The maximum Gasteiger partial charge on any atom is 0.193 e. The lowest BCUT2D eigenvalue weighted by atomic mass is 9.65. The van der Waals surface area contributed by atoms with Gasteiger partial charge in [-0.25, -0.2) is 24.2 Å². The maximum atomic E-state index is 14.0. The number of thiazole rings is 1. The van der Waals surface area contributed by atoms with Gasteiger partial charge in [-0.3, -0.25) is 4.79 Å². The molecule has 8 nitrogen and oxygen atoms in total.